The van der Waals surface area contributed by atoms with E-state index in [1.165, 1.54) is 11.3 Å². The van der Waals surface area contributed by atoms with E-state index in [4.69, 9.17) is 5.11 Å². The highest BCUT2D eigenvalue weighted by Gasteiger charge is 2.00. The molecule has 0 aliphatic heterocycles. The summed E-state index contributed by atoms with van der Waals surface area (Å²) in [7, 11) is 0. The highest BCUT2D eigenvalue weighted by Crippen LogP contribution is 2.27. The Morgan fingerprint density at radius 3 is 2.50 bits per heavy atom. The third-order valence-corrected chi connectivity index (χ3v) is 2.54. The molecule has 1 N–H and O–H groups in total. The Balaban J connectivity index is 3.14. The van der Waals surface area contributed by atoms with Gasteiger partial charge in [0.1, 0.15) is 0 Å². The number of aromatic hydroxyl groups is 1. The minimum absolute atomic E-state index is 0.120. The summed E-state index contributed by atoms with van der Waals surface area (Å²) in [5, 5.41) is 8.83. The lowest BCUT2D eigenvalue weighted by Gasteiger charge is -1.74. The van der Waals surface area contributed by atoms with Crippen LogP contribution in [0, 0.1) is 6.92 Å². The molecule has 1 aromatic heterocycles. The number of nitrogens with zero attached hydrogens (tertiary/aromatic N) is 1. The van der Waals surface area contributed by atoms with Crippen LogP contribution in [0.1, 0.15) is 5.69 Å². The average molecular weight is 194 g/mol. The van der Waals surface area contributed by atoms with E-state index < -0.39 is 0 Å². The molecule has 44 valence electrons. The molecular weight excluding hydrogens is 190 g/mol. The molecule has 8 heavy (non-hydrogen) atoms. The van der Waals surface area contributed by atoms with Crippen molar-refractivity contribution in [3.8, 4) is 5.19 Å². The van der Waals surface area contributed by atoms with Gasteiger partial charge in [-0.15, -0.1) is 0 Å². The van der Waals surface area contributed by atoms with E-state index in [1.54, 1.807) is 0 Å². The molecule has 0 bridgehead atoms. The van der Waals surface area contributed by atoms with Crippen LogP contribution in [0.4, 0.5) is 0 Å². The molecule has 0 saturated carbocycles. The topological polar surface area (TPSA) is 33.1 Å². The van der Waals surface area contributed by atoms with Gasteiger partial charge in [0.05, 0.1) is 9.48 Å². The fraction of sp³-hybridized carbons (Fsp3) is 0.250. The molecule has 0 amide bonds. The summed E-state index contributed by atoms with van der Waals surface area (Å²) >= 11 is 4.44. The van der Waals surface area contributed by atoms with E-state index in [0.717, 1.165) is 9.48 Å². The van der Waals surface area contributed by atoms with Gasteiger partial charge < -0.3 is 5.11 Å². The van der Waals surface area contributed by atoms with Gasteiger partial charge in [-0.1, -0.05) is 11.3 Å². The van der Waals surface area contributed by atoms with Gasteiger partial charge in [0.25, 0.3) is 5.19 Å². The standard InChI is InChI=1S/C4H4BrNOS/c1-2-3(5)8-4(7)6-2/h1H3,(H,6,7). The van der Waals surface area contributed by atoms with E-state index in [2.05, 4.69) is 20.9 Å². The lowest BCUT2D eigenvalue weighted by atomic mass is 10.6. The molecule has 1 aromatic rings. The Kier molecular flexibility index (Phi) is 1.53. The van der Waals surface area contributed by atoms with Crippen LogP contribution >= 0.6 is 27.3 Å². The smallest absolute Gasteiger partial charge is 0.271 e. The minimum Gasteiger partial charge on any atom is -0.486 e. The normalized spacial score (nSPS) is 9.75. The third kappa shape index (κ3) is 1.00. The lowest BCUT2D eigenvalue weighted by Crippen LogP contribution is -1.66. The Hall–Kier alpha value is -0.0900. The van der Waals surface area contributed by atoms with Gasteiger partial charge in [0.15, 0.2) is 0 Å². The summed E-state index contributed by atoms with van der Waals surface area (Å²) in [6.45, 7) is 1.83. The predicted octanol–water partition coefficient (Wildman–Crippen LogP) is 1.92. The van der Waals surface area contributed by atoms with Crippen LogP contribution in [-0.4, -0.2) is 10.1 Å². The molecule has 0 fully saturated rings. The first kappa shape index (κ1) is 6.04. The predicted molar refractivity (Wildman–Crippen MR) is 36.2 cm³/mol. The molecule has 4 heteroatoms. The fourth-order valence-electron chi connectivity index (χ4n) is 0.364. The zero-order chi connectivity index (χ0) is 6.15. The van der Waals surface area contributed by atoms with Crippen molar-refractivity contribution in [2.45, 2.75) is 6.92 Å². The van der Waals surface area contributed by atoms with Crippen LogP contribution < -0.4 is 0 Å². The summed E-state index contributed by atoms with van der Waals surface area (Å²) in [5.41, 5.74) is 0.840. The number of aromatic nitrogens is 1. The van der Waals surface area contributed by atoms with E-state index in [9.17, 15) is 0 Å². The largest absolute Gasteiger partial charge is 0.486 e. The molecule has 0 unspecified atom stereocenters. The maximum absolute atomic E-state index is 8.71. The number of aryl methyl sites for hydroxylation is 1. The molecule has 0 aliphatic rings. The molecule has 0 aliphatic carbocycles. The van der Waals surface area contributed by atoms with Crippen molar-refractivity contribution in [3.05, 3.63) is 9.48 Å². The van der Waals surface area contributed by atoms with Gasteiger partial charge in [-0.05, 0) is 22.9 Å². The van der Waals surface area contributed by atoms with E-state index in [1.807, 2.05) is 6.92 Å². The SMILES string of the molecule is Cc1nc(O)sc1Br. The van der Waals surface area contributed by atoms with Crippen molar-refractivity contribution in [2.24, 2.45) is 0 Å². The van der Waals surface area contributed by atoms with Crippen molar-refractivity contribution >= 4 is 27.3 Å². The first-order valence-corrected chi connectivity index (χ1v) is 3.63. The monoisotopic (exact) mass is 193 g/mol. The number of rotatable bonds is 0. The molecule has 1 heterocycles. The van der Waals surface area contributed by atoms with Crippen LogP contribution in [0.5, 0.6) is 5.19 Å². The molecule has 1 rings (SSSR count). The number of thiazole rings is 1. The van der Waals surface area contributed by atoms with Crippen LogP contribution in [0.2, 0.25) is 0 Å². The second kappa shape index (κ2) is 2.03. The van der Waals surface area contributed by atoms with Gasteiger partial charge >= 0.3 is 0 Å². The summed E-state index contributed by atoms with van der Waals surface area (Å²) in [6, 6.07) is 0. The summed E-state index contributed by atoms with van der Waals surface area (Å²) in [4.78, 5) is 3.74. The third-order valence-electron chi connectivity index (χ3n) is 0.729. The fourth-order valence-corrected chi connectivity index (χ4v) is 1.42. The molecule has 0 radical (unpaired) electrons. The van der Waals surface area contributed by atoms with Gasteiger partial charge in [0, 0.05) is 0 Å². The van der Waals surface area contributed by atoms with E-state index in [0.29, 0.717) is 0 Å². The van der Waals surface area contributed by atoms with E-state index >= 15 is 0 Å². The lowest BCUT2D eigenvalue weighted by molar-refractivity contribution is 0.470. The van der Waals surface area contributed by atoms with Crippen molar-refractivity contribution in [2.75, 3.05) is 0 Å². The summed E-state index contributed by atoms with van der Waals surface area (Å²) < 4.78 is 0.898. The first-order chi connectivity index (χ1) is 3.70. The van der Waals surface area contributed by atoms with Gasteiger partial charge in [-0.25, -0.2) is 4.98 Å². The second-order valence-corrected chi connectivity index (χ2v) is 3.65. The highest BCUT2D eigenvalue weighted by molar-refractivity contribution is 9.11. The minimum atomic E-state index is 0.120. The van der Waals surface area contributed by atoms with Crippen molar-refractivity contribution in [1.29, 1.82) is 0 Å². The summed E-state index contributed by atoms with van der Waals surface area (Å²) in [5.74, 6) is 0. The molecule has 0 aromatic carbocycles. The van der Waals surface area contributed by atoms with Crippen molar-refractivity contribution in [1.82, 2.24) is 4.98 Å². The zero-order valence-corrected chi connectivity index (χ0v) is 6.58. The van der Waals surface area contributed by atoms with E-state index in [-0.39, 0.29) is 5.19 Å². The van der Waals surface area contributed by atoms with Crippen molar-refractivity contribution < 1.29 is 5.11 Å². The molecule has 0 atom stereocenters. The highest BCUT2D eigenvalue weighted by atomic mass is 79.9. The first-order valence-electron chi connectivity index (χ1n) is 2.02. The molecule has 0 spiro atoms. The van der Waals surface area contributed by atoms with Crippen LogP contribution in [-0.2, 0) is 0 Å². The quantitative estimate of drug-likeness (QED) is 0.684. The Labute approximate surface area is 59.3 Å². The Morgan fingerprint density at radius 1 is 1.75 bits per heavy atom. The van der Waals surface area contributed by atoms with Crippen LogP contribution in [0.25, 0.3) is 0 Å². The second-order valence-electron chi connectivity index (χ2n) is 1.36. The van der Waals surface area contributed by atoms with Crippen molar-refractivity contribution in [3.63, 3.8) is 0 Å². The number of halogens is 1. The van der Waals surface area contributed by atoms with Crippen LogP contribution in [0.3, 0.4) is 0 Å². The van der Waals surface area contributed by atoms with Gasteiger partial charge in [-0.2, -0.15) is 0 Å². The maximum Gasteiger partial charge on any atom is 0.271 e. The Morgan fingerprint density at radius 2 is 2.38 bits per heavy atom. The van der Waals surface area contributed by atoms with Gasteiger partial charge in [-0.3, -0.25) is 0 Å². The van der Waals surface area contributed by atoms with Gasteiger partial charge in [0.2, 0.25) is 0 Å². The number of hydrogen-bond acceptors (Lipinski definition) is 3. The molecular formula is C4H4BrNOS. The zero-order valence-electron chi connectivity index (χ0n) is 4.18. The molecule has 2 nitrogen and oxygen atoms in total. The number of hydrogen-bond donors (Lipinski definition) is 1. The Bertz CT molecular complexity index is 178. The summed E-state index contributed by atoms with van der Waals surface area (Å²) in [6.07, 6.45) is 0. The average Bonchev–Trinajstić information content (AvgIpc) is 1.85. The molecule has 0 saturated heterocycles. The maximum atomic E-state index is 8.71. The van der Waals surface area contributed by atoms with Crippen LogP contribution in [0.15, 0.2) is 3.79 Å².